The highest BCUT2D eigenvalue weighted by Crippen LogP contribution is 2.41. The van der Waals surface area contributed by atoms with Gasteiger partial charge in [0, 0.05) is 12.0 Å². The van der Waals surface area contributed by atoms with E-state index >= 15 is 0 Å². The van der Waals surface area contributed by atoms with Gasteiger partial charge in [0.05, 0.1) is 10.4 Å². The number of alkyl halides is 1. The van der Waals surface area contributed by atoms with E-state index < -0.39 is 5.97 Å². The molecule has 0 aromatic carbocycles. The molecule has 0 saturated heterocycles. The van der Waals surface area contributed by atoms with Crippen LogP contribution >= 0.6 is 15.9 Å². The molecule has 0 spiro atoms. The van der Waals surface area contributed by atoms with Gasteiger partial charge in [-0.25, -0.2) is 4.79 Å². The van der Waals surface area contributed by atoms with E-state index in [4.69, 9.17) is 9.52 Å². The molecule has 1 aliphatic rings. The third kappa shape index (κ3) is 1.73. The Hall–Kier alpha value is -1.10. The lowest BCUT2D eigenvalue weighted by Crippen LogP contribution is -2.38. The number of halogens is 1. The molecular formula is C12H13BrO4. The number of fused-ring (bicyclic) bond motifs is 1. The molecule has 1 N–H and O–H groups in total. The number of rotatable bonds is 1. The van der Waals surface area contributed by atoms with Gasteiger partial charge in [-0.2, -0.15) is 0 Å². The summed E-state index contributed by atoms with van der Waals surface area (Å²) in [6, 6.07) is 0. The van der Waals surface area contributed by atoms with Crippen LogP contribution in [0.5, 0.6) is 0 Å². The minimum atomic E-state index is -1.13. The predicted octanol–water partition coefficient (Wildman–Crippen LogP) is 2.81. The van der Waals surface area contributed by atoms with Gasteiger partial charge in [0.1, 0.15) is 5.76 Å². The van der Waals surface area contributed by atoms with Crippen LogP contribution in [0.3, 0.4) is 0 Å². The number of carboxylic acid groups (broad SMARTS) is 1. The number of carbonyl (C=O) groups excluding carboxylic acids is 1. The fourth-order valence-corrected chi connectivity index (χ4v) is 2.60. The molecule has 4 nitrogen and oxygen atoms in total. The number of ketones is 1. The summed E-state index contributed by atoms with van der Waals surface area (Å²) in [5.41, 5.74) is 0.588. The Bertz CT molecular complexity index is 513. The summed E-state index contributed by atoms with van der Waals surface area (Å²) in [4.78, 5) is 22.9. The van der Waals surface area contributed by atoms with Crippen LogP contribution < -0.4 is 0 Å². The zero-order valence-corrected chi connectivity index (χ0v) is 11.4. The summed E-state index contributed by atoms with van der Waals surface area (Å²) in [6.45, 7) is 5.51. The molecule has 2 rings (SSSR count). The highest BCUT2D eigenvalue weighted by atomic mass is 79.9. The Morgan fingerprint density at radius 1 is 1.53 bits per heavy atom. The molecule has 0 radical (unpaired) electrons. The lowest BCUT2D eigenvalue weighted by Gasteiger charge is -2.32. The molecular weight excluding hydrogens is 288 g/mol. The molecule has 0 aliphatic heterocycles. The lowest BCUT2D eigenvalue weighted by molar-refractivity contribution is 0.0656. The van der Waals surface area contributed by atoms with Gasteiger partial charge >= 0.3 is 5.97 Å². The van der Waals surface area contributed by atoms with Crippen LogP contribution in [-0.2, 0) is 6.42 Å². The van der Waals surface area contributed by atoms with Gasteiger partial charge < -0.3 is 9.52 Å². The van der Waals surface area contributed by atoms with Crippen molar-refractivity contribution < 1.29 is 19.1 Å². The second kappa shape index (κ2) is 3.70. The lowest BCUT2D eigenvalue weighted by atomic mass is 9.75. The molecule has 1 unspecified atom stereocenters. The number of furan rings is 1. The monoisotopic (exact) mass is 300 g/mol. The first kappa shape index (κ1) is 12.4. The second-order valence-electron chi connectivity index (χ2n) is 5.05. The van der Waals surface area contributed by atoms with E-state index in [1.165, 1.54) is 0 Å². The van der Waals surface area contributed by atoms with Crippen molar-refractivity contribution in [3.8, 4) is 0 Å². The van der Waals surface area contributed by atoms with Crippen molar-refractivity contribution in [2.45, 2.75) is 32.0 Å². The van der Waals surface area contributed by atoms with Gasteiger partial charge in [0.15, 0.2) is 5.78 Å². The zero-order chi connectivity index (χ0) is 13.0. The maximum atomic E-state index is 12.2. The van der Waals surface area contributed by atoms with Gasteiger partial charge in [-0.3, -0.25) is 4.79 Å². The number of hydrogen-bond acceptors (Lipinski definition) is 3. The van der Waals surface area contributed by atoms with Crippen LogP contribution in [0.25, 0.3) is 0 Å². The molecule has 1 aliphatic carbocycles. The predicted molar refractivity (Wildman–Crippen MR) is 64.9 cm³/mol. The fraction of sp³-hybridized carbons (Fsp3) is 0.500. The highest BCUT2D eigenvalue weighted by molar-refractivity contribution is 9.10. The van der Waals surface area contributed by atoms with Crippen LogP contribution in [0.2, 0.25) is 0 Å². The Labute approximate surface area is 107 Å². The molecule has 1 heterocycles. The second-order valence-corrected chi connectivity index (χ2v) is 5.97. The summed E-state index contributed by atoms with van der Waals surface area (Å²) in [7, 11) is 0. The van der Waals surface area contributed by atoms with E-state index in [1.54, 1.807) is 6.92 Å². The van der Waals surface area contributed by atoms with Crippen molar-refractivity contribution in [2.75, 3.05) is 0 Å². The topological polar surface area (TPSA) is 67.5 Å². The van der Waals surface area contributed by atoms with Gasteiger partial charge in [-0.05, 0) is 12.3 Å². The van der Waals surface area contributed by atoms with E-state index in [1.807, 2.05) is 13.8 Å². The summed E-state index contributed by atoms with van der Waals surface area (Å²) in [5.74, 6) is -0.857. The Morgan fingerprint density at radius 3 is 2.65 bits per heavy atom. The third-order valence-corrected chi connectivity index (χ3v) is 4.85. The molecule has 0 amide bonds. The smallest absolute Gasteiger partial charge is 0.372 e. The molecule has 1 aromatic rings. The van der Waals surface area contributed by atoms with Gasteiger partial charge in [-0.1, -0.05) is 29.8 Å². The van der Waals surface area contributed by atoms with Crippen molar-refractivity contribution in [2.24, 2.45) is 5.41 Å². The molecule has 5 heteroatoms. The van der Waals surface area contributed by atoms with E-state index in [9.17, 15) is 9.59 Å². The highest BCUT2D eigenvalue weighted by Gasteiger charge is 2.43. The molecule has 0 saturated carbocycles. The van der Waals surface area contributed by atoms with Gasteiger partial charge in [0.2, 0.25) is 5.76 Å². The fourth-order valence-electron chi connectivity index (χ4n) is 2.21. The quantitative estimate of drug-likeness (QED) is 0.810. The van der Waals surface area contributed by atoms with E-state index in [2.05, 4.69) is 15.9 Å². The zero-order valence-electron chi connectivity index (χ0n) is 9.83. The van der Waals surface area contributed by atoms with Crippen molar-refractivity contribution in [3.05, 3.63) is 22.6 Å². The molecule has 1 atom stereocenters. The molecule has 92 valence electrons. The SMILES string of the molecule is Cc1c(C(=O)O)oc2c1C(=O)C(Br)C(C)(C)C2. The maximum Gasteiger partial charge on any atom is 0.372 e. The van der Waals surface area contributed by atoms with Crippen molar-refractivity contribution in [1.82, 2.24) is 0 Å². The Balaban J connectivity index is 2.62. The number of carboxylic acids is 1. The summed E-state index contributed by atoms with van der Waals surface area (Å²) >= 11 is 3.39. The first-order chi connectivity index (χ1) is 7.75. The number of carbonyl (C=O) groups is 2. The maximum absolute atomic E-state index is 12.2. The van der Waals surface area contributed by atoms with Gasteiger partial charge in [-0.15, -0.1) is 0 Å². The molecule has 0 bridgehead atoms. The van der Waals surface area contributed by atoms with Crippen LogP contribution in [-0.4, -0.2) is 21.7 Å². The standard InChI is InChI=1S/C12H13BrO4/c1-5-7-6(17-9(5)11(15)16)4-12(2,3)10(13)8(7)14/h10H,4H2,1-3H3,(H,15,16). The molecule has 1 aromatic heterocycles. The van der Waals surface area contributed by atoms with Crippen molar-refractivity contribution in [1.29, 1.82) is 0 Å². The molecule has 17 heavy (non-hydrogen) atoms. The van der Waals surface area contributed by atoms with E-state index in [-0.39, 0.29) is 21.8 Å². The van der Waals surface area contributed by atoms with Crippen LogP contribution in [0.4, 0.5) is 0 Å². The largest absolute Gasteiger partial charge is 0.475 e. The Kier molecular flexibility index (Phi) is 2.69. The van der Waals surface area contributed by atoms with E-state index in [0.717, 1.165) is 0 Å². The minimum absolute atomic E-state index is 0.0926. The van der Waals surface area contributed by atoms with Crippen molar-refractivity contribution in [3.63, 3.8) is 0 Å². The average Bonchev–Trinajstić information content (AvgIpc) is 2.52. The van der Waals surface area contributed by atoms with Crippen LogP contribution in [0.15, 0.2) is 4.42 Å². The number of aromatic carboxylic acids is 1. The summed E-state index contributed by atoms with van der Waals surface area (Å²) in [5, 5.41) is 8.98. The average molecular weight is 301 g/mol. The first-order valence-corrected chi connectivity index (χ1v) is 6.21. The normalized spacial score (nSPS) is 22.4. The number of hydrogen-bond donors (Lipinski definition) is 1. The van der Waals surface area contributed by atoms with Crippen LogP contribution in [0, 0.1) is 12.3 Å². The number of Topliss-reactive ketones (excluding diaryl/α,β-unsaturated/α-hetero) is 1. The van der Waals surface area contributed by atoms with Crippen molar-refractivity contribution >= 4 is 27.7 Å². The Morgan fingerprint density at radius 2 is 2.12 bits per heavy atom. The third-order valence-electron chi connectivity index (χ3n) is 3.19. The minimum Gasteiger partial charge on any atom is -0.475 e. The summed E-state index contributed by atoms with van der Waals surface area (Å²) < 4.78 is 5.31. The summed E-state index contributed by atoms with van der Waals surface area (Å²) in [6.07, 6.45) is 0.554. The van der Waals surface area contributed by atoms with Gasteiger partial charge in [0.25, 0.3) is 0 Å². The first-order valence-electron chi connectivity index (χ1n) is 5.29. The van der Waals surface area contributed by atoms with Crippen LogP contribution in [0.1, 0.15) is 46.1 Å². The van der Waals surface area contributed by atoms with E-state index in [0.29, 0.717) is 23.3 Å². The molecule has 0 fully saturated rings.